The van der Waals surface area contributed by atoms with Crippen molar-refractivity contribution in [3.63, 3.8) is 0 Å². The summed E-state index contributed by atoms with van der Waals surface area (Å²) >= 11 is 5.95. The number of hydrogen-bond donors (Lipinski definition) is 2. The number of halogens is 1. The average molecular weight is 254 g/mol. The van der Waals surface area contributed by atoms with Gasteiger partial charge < -0.3 is 10.2 Å². The quantitative estimate of drug-likeness (QED) is 0.837. The van der Waals surface area contributed by atoms with Gasteiger partial charge in [0.15, 0.2) is 5.15 Å². The summed E-state index contributed by atoms with van der Waals surface area (Å²) in [7, 11) is 0. The van der Waals surface area contributed by atoms with Crippen molar-refractivity contribution >= 4 is 17.1 Å². The lowest BCUT2D eigenvalue weighted by Crippen LogP contribution is -2.47. The van der Waals surface area contributed by atoms with Crippen LogP contribution in [0.3, 0.4) is 0 Å². The van der Waals surface area contributed by atoms with Gasteiger partial charge in [-0.2, -0.15) is 0 Å². The number of aromatic nitrogens is 3. The highest BCUT2D eigenvalue weighted by Gasteiger charge is 2.49. The first-order valence-electron chi connectivity index (χ1n) is 5.48. The van der Waals surface area contributed by atoms with E-state index in [1.807, 2.05) is 0 Å². The van der Waals surface area contributed by atoms with Crippen molar-refractivity contribution in [1.29, 1.82) is 0 Å². The first kappa shape index (κ1) is 11.0. The summed E-state index contributed by atoms with van der Waals surface area (Å²) < 4.78 is 1.73. The van der Waals surface area contributed by atoms with E-state index in [4.69, 9.17) is 11.6 Å². The predicted molar refractivity (Wildman–Crippen MR) is 61.7 cm³/mol. The Morgan fingerprint density at radius 3 is 3.00 bits per heavy atom. The molecule has 90 valence electrons. The smallest absolute Gasteiger partial charge is 0.154 e. The van der Waals surface area contributed by atoms with E-state index in [2.05, 4.69) is 9.97 Å². The number of rotatable bonds is 2. The highest BCUT2D eigenvalue weighted by atomic mass is 35.5. The van der Waals surface area contributed by atoms with Crippen LogP contribution in [0.15, 0.2) is 18.6 Å². The van der Waals surface area contributed by atoms with Gasteiger partial charge in [0.2, 0.25) is 0 Å². The van der Waals surface area contributed by atoms with Gasteiger partial charge in [0.1, 0.15) is 16.9 Å². The Morgan fingerprint density at radius 1 is 1.53 bits per heavy atom. The molecule has 2 aromatic rings. The third-order valence-electron chi connectivity index (χ3n) is 3.57. The minimum atomic E-state index is -1.05. The molecule has 0 aromatic carbocycles. The third kappa shape index (κ3) is 1.40. The molecular weight excluding hydrogens is 242 g/mol. The molecule has 5 nitrogen and oxygen atoms in total. The fourth-order valence-electron chi connectivity index (χ4n) is 2.37. The summed E-state index contributed by atoms with van der Waals surface area (Å²) in [6.45, 7) is -0.0375. The molecule has 2 N–H and O–H groups in total. The zero-order valence-corrected chi connectivity index (χ0v) is 9.80. The Hall–Kier alpha value is -1.17. The molecule has 2 atom stereocenters. The first-order chi connectivity index (χ1) is 8.16. The Bertz CT molecular complexity index is 569. The molecule has 1 aliphatic carbocycles. The maximum atomic E-state index is 10.5. The van der Waals surface area contributed by atoms with Crippen LogP contribution in [0.2, 0.25) is 5.15 Å². The summed E-state index contributed by atoms with van der Waals surface area (Å²) in [5, 5.41) is 20.1. The molecule has 0 bridgehead atoms. The highest BCUT2D eigenvalue weighted by molar-refractivity contribution is 6.32. The Balaban J connectivity index is 2.16. The molecule has 1 fully saturated rings. The summed E-state index contributed by atoms with van der Waals surface area (Å²) in [5.74, 6) is 0.377. The van der Waals surface area contributed by atoms with E-state index in [1.54, 1.807) is 23.0 Å². The molecule has 2 unspecified atom stereocenters. The molecule has 2 aromatic heterocycles. The maximum absolute atomic E-state index is 10.5. The lowest BCUT2D eigenvalue weighted by molar-refractivity contribution is -0.125. The highest BCUT2D eigenvalue weighted by Crippen LogP contribution is 2.45. The van der Waals surface area contributed by atoms with Crippen molar-refractivity contribution in [2.75, 3.05) is 6.61 Å². The fraction of sp³-hybridized carbons (Fsp3) is 0.455. The number of imidazole rings is 1. The lowest BCUT2D eigenvalue weighted by atomic mass is 9.69. The van der Waals surface area contributed by atoms with Gasteiger partial charge in [-0.05, 0) is 12.8 Å². The largest absolute Gasteiger partial charge is 0.396 e. The van der Waals surface area contributed by atoms with Crippen molar-refractivity contribution in [3.8, 4) is 0 Å². The monoisotopic (exact) mass is 253 g/mol. The van der Waals surface area contributed by atoms with Crippen molar-refractivity contribution < 1.29 is 10.2 Å². The van der Waals surface area contributed by atoms with Crippen LogP contribution in [0.1, 0.15) is 18.7 Å². The van der Waals surface area contributed by atoms with E-state index in [9.17, 15) is 10.2 Å². The number of hydrogen-bond acceptors (Lipinski definition) is 4. The lowest BCUT2D eigenvalue weighted by Gasteiger charge is -2.43. The van der Waals surface area contributed by atoms with Gasteiger partial charge in [-0.1, -0.05) is 11.6 Å². The Morgan fingerprint density at radius 2 is 2.35 bits per heavy atom. The molecule has 0 radical (unpaired) electrons. The van der Waals surface area contributed by atoms with Gasteiger partial charge in [-0.25, -0.2) is 9.97 Å². The molecule has 0 aliphatic heterocycles. The Kier molecular flexibility index (Phi) is 2.36. The Labute approximate surface area is 103 Å². The molecule has 6 heteroatoms. The van der Waals surface area contributed by atoms with Gasteiger partial charge in [0.25, 0.3) is 0 Å². The van der Waals surface area contributed by atoms with Gasteiger partial charge >= 0.3 is 0 Å². The van der Waals surface area contributed by atoms with Crippen molar-refractivity contribution in [3.05, 3.63) is 29.6 Å². The summed E-state index contributed by atoms with van der Waals surface area (Å²) in [6.07, 6.45) is 6.29. The van der Waals surface area contributed by atoms with Crippen LogP contribution >= 0.6 is 11.6 Å². The molecular formula is C11H12ClN3O2. The first-order valence-corrected chi connectivity index (χ1v) is 5.86. The summed E-state index contributed by atoms with van der Waals surface area (Å²) in [4.78, 5) is 8.18. The van der Waals surface area contributed by atoms with Gasteiger partial charge in [-0.15, -0.1) is 0 Å². The van der Waals surface area contributed by atoms with Crippen LogP contribution in [-0.4, -0.2) is 31.2 Å². The van der Waals surface area contributed by atoms with E-state index < -0.39 is 5.60 Å². The zero-order valence-electron chi connectivity index (χ0n) is 9.04. The maximum Gasteiger partial charge on any atom is 0.154 e. The van der Waals surface area contributed by atoms with Crippen LogP contribution in [-0.2, 0) is 5.60 Å². The van der Waals surface area contributed by atoms with Crippen molar-refractivity contribution in [2.24, 2.45) is 5.92 Å². The topological polar surface area (TPSA) is 70.7 Å². The van der Waals surface area contributed by atoms with Crippen LogP contribution in [0.4, 0.5) is 0 Å². The molecule has 17 heavy (non-hydrogen) atoms. The second-order valence-electron chi connectivity index (χ2n) is 4.40. The molecule has 0 amide bonds. The molecule has 0 spiro atoms. The van der Waals surface area contributed by atoms with E-state index in [0.29, 0.717) is 22.9 Å². The minimum absolute atomic E-state index is 0.0375. The third-order valence-corrected chi connectivity index (χ3v) is 3.86. The van der Waals surface area contributed by atoms with E-state index in [0.717, 1.165) is 6.42 Å². The van der Waals surface area contributed by atoms with Gasteiger partial charge in [0, 0.05) is 24.9 Å². The van der Waals surface area contributed by atoms with Crippen molar-refractivity contribution in [2.45, 2.75) is 18.4 Å². The molecule has 1 aliphatic rings. The van der Waals surface area contributed by atoms with Gasteiger partial charge in [0.05, 0.1) is 6.20 Å². The van der Waals surface area contributed by atoms with Gasteiger partial charge in [-0.3, -0.25) is 4.40 Å². The standard InChI is InChI=1S/C11H12ClN3O2/c12-9-8-5-14-10(15(8)4-3-13-9)11(17)2-1-7(11)6-16/h3-5,7,16-17H,1-2,6H2. The summed E-state index contributed by atoms with van der Waals surface area (Å²) in [6, 6.07) is 0. The van der Waals surface area contributed by atoms with Crippen LogP contribution in [0, 0.1) is 5.92 Å². The average Bonchev–Trinajstić information content (AvgIpc) is 2.73. The van der Waals surface area contributed by atoms with Crippen LogP contribution in [0.25, 0.3) is 5.52 Å². The SMILES string of the molecule is OCC1CCC1(O)c1ncc2c(Cl)nccn12. The summed E-state index contributed by atoms with van der Waals surface area (Å²) in [5.41, 5.74) is -0.382. The predicted octanol–water partition coefficient (Wildman–Crippen LogP) is 0.973. The fourth-order valence-corrected chi connectivity index (χ4v) is 2.57. The second kappa shape index (κ2) is 3.66. The number of aliphatic hydroxyl groups is 2. The molecule has 0 saturated heterocycles. The van der Waals surface area contributed by atoms with Crippen molar-refractivity contribution in [1.82, 2.24) is 14.4 Å². The molecule has 1 saturated carbocycles. The number of nitrogens with zero attached hydrogens (tertiary/aromatic N) is 3. The van der Waals surface area contributed by atoms with E-state index in [-0.39, 0.29) is 12.5 Å². The minimum Gasteiger partial charge on any atom is -0.396 e. The second-order valence-corrected chi connectivity index (χ2v) is 4.76. The van der Waals surface area contributed by atoms with E-state index >= 15 is 0 Å². The number of aliphatic hydroxyl groups excluding tert-OH is 1. The zero-order chi connectivity index (χ0) is 12.0. The van der Waals surface area contributed by atoms with Crippen LogP contribution < -0.4 is 0 Å². The molecule has 3 rings (SSSR count). The normalized spacial score (nSPS) is 28.3. The molecule has 2 heterocycles. The van der Waals surface area contributed by atoms with E-state index in [1.165, 1.54) is 0 Å². The number of fused-ring (bicyclic) bond motifs is 1. The van der Waals surface area contributed by atoms with Crippen LogP contribution in [0.5, 0.6) is 0 Å².